The highest BCUT2D eigenvalue weighted by atomic mass is 127. The van der Waals surface area contributed by atoms with E-state index in [0.717, 1.165) is 38.2 Å². The van der Waals surface area contributed by atoms with Crippen molar-refractivity contribution in [3.63, 3.8) is 0 Å². The SMILES string of the molecule is COc1ccc(NC(N)=NCCCOC2CCOCC2)cc1OC.I. The Bertz CT molecular complexity index is 537. The Kier molecular flexibility index (Phi) is 10.6. The van der Waals surface area contributed by atoms with Crippen molar-refractivity contribution in [1.29, 1.82) is 0 Å². The molecule has 1 heterocycles. The van der Waals surface area contributed by atoms with Crippen LogP contribution in [0.15, 0.2) is 23.2 Å². The number of guanidine groups is 1. The van der Waals surface area contributed by atoms with Gasteiger partial charge in [0.05, 0.1) is 20.3 Å². The summed E-state index contributed by atoms with van der Waals surface area (Å²) in [6.07, 6.45) is 3.12. The Balaban J connectivity index is 0.00000312. The van der Waals surface area contributed by atoms with Crippen molar-refractivity contribution in [2.45, 2.75) is 25.4 Å². The van der Waals surface area contributed by atoms with Crippen LogP contribution in [0.4, 0.5) is 5.69 Å². The Labute approximate surface area is 166 Å². The first-order valence-corrected chi connectivity index (χ1v) is 8.21. The number of halogens is 1. The monoisotopic (exact) mass is 465 g/mol. The number of nitrogens with two attached hydrogens (primary N) is 1. The Morgan fingerprint density at radius 3 is 2.64 bits per heavy atom. The van der Waals surface area contributed by atoms with Crippen LogP contribution in [-0.4, -0.2) is 52.6 Å². The Morgan fingerprint density at radius 2 is 1.96 bits per heavy atom. The number of ether oxygens (including phenoxy) is 4. The van der Waals surface area contributed by atoms with E-state index in [1.54, 1.807) is 14.2 Å². The van der Waals surface area contributed by atoms with Gasteiger partial charge in [0.25, 0.3) is 0 Å². The molecule has 0 saturated carbocycles. The van der Waals surface area contributed by atoms with Gasteiger partial charge in [-0.2, -0.15) is 0 Å². The van der Waals surface area contributed by atoms with Gasteiger partial charge < -0.3 is 30.0 Å². The van der Waals surface area contributed by atoms with Gasteiger partial charge in [0.1, 0.15) is 0 Å². The summed E-state index contributed by atoms with van der Waals surface area (Å²) in [7, 11) is 3.20. The van der Waals surface area contributed by atoms with E-state index in [4.69, 9.17) is 24.7 Å². The zero-order chi connectivity index (χ0) is 17.2. The molecule has 25 heavy (non-hydrogen) atoms. The highest BCUT2D eigenvalue weighted by Crippen LogP contribution is 2.29. The van der Waals surface area contributed by atoms with Gasteiger partial charge in [0.15, 0.2) is 17.5 Å². The average Bonchev–Trinajstić information content (AvgIpc) is 2.62. The van der Waals surface area contributed by atoms with Gasteiger partial charge in [-0.1, -0.05) is 0 Å². The Hall–Kier alpha value is -1.26. The van der Waals surface area contributed by atoms with E-state index in [9.17, 15) is 0 Å². The third kappa shape index (κ3) is 7.66. The highest BCUT2D eigenvalue weighted by Gasteiger charge is 2.13. The van der Waals surface area contributed by atoms with Crippen molar-refractivity contribution in [3.8, 4) is 11.5 Å². The fourth-order valence-corrected chi connectivity index (χ4v) is 2.46. The van der Waals surface area contributed by atoms with Crippen molar-refractivity contribution in [3.05, 3.63) is 18.2 Å². The number of rotatable bonds is 8. The Morgan fingerprint density at radius 1 is 1.24 bits per heavy atom. The van der Waals surface area contributed by atoms with Crippen LogP contribution in [0.5, 0.6) is 11.5 Å². The fraction of sp³-hybridized carbons (Fsp3) is 0.588. The zero-order valence-corrected chi connectivity index (χ0v) is 17.2. The molecule has 8 heteroatoms. The molecule has 3 N–H and O–H groups in total. The molecule has 0 aliphatic carbocycles. The second-order valence-electron chi connectivity index (χ2n) is 5.50. The molecular formula is C17H28IN3O4. The van der Waals surface area contributed by atoms with Crippen LogP contribution in [0.1, 0.15) is 19.3 Å². The molecule has 1 aromatic carbocycles. The molecule has 0 spiro atoms. The zero-order valence-electron chi connectivity index (χ0n) is 14.8. The molecule has 1 fully saturated rings. The third-order valence-corrected chi connectivity index (χ3v) is 3.76. The van der Waals surface area contributed by atoms with Crippen LogP contribution in [0, 0.1) is 0 Å². The van der Waals surface area contributed by atoms with Gasteiger partial charge in [-0.05, 0) is 31.4 Å². The molecular weight excluding hydrogens is 437 g/mol. The van der Waals surface area contributed by atoms with E-state index in [1.807, 2.05) is 18.2 Å². The summed E-state index contributed by atoms with van der Waals surface area (Å²) < 4.78 is 21.6. The van der Waals surface area contributed by atoms with Crippen molar-refractivity contribution in [2.75, 3.05) is 45.9 Å². The largest absolute Gasteiger partial charge is 0.493 e. The standard InChI is InChI=1S/C17H27N3O4.HI/c1-21-15-5-4-13(12-16(15)22-2)20-17(18)19-8-3-9-24-14-6-10-23-11-7-14;/h4-5,12,14H,3,6-11H2,1-2H3,(H3,18,19,20);1H. The number of hydrogen-bond acceptors (Lipinski definition) is 5. The predicted octanol–water partition coefficient (Wildman–Crippen LogP) is 2.63. The first-order valence-electron chi connectivity index (χ1n) is 8.21. The van der Waals surface area contributed by atoms with E-state index in [1.165, 1.54) is 0 Å². The number of benzene rings is 1. The summed E-state index contributed by atoms with van der Waals surface area (Å²) in [5.74, 6) is 1.68. The summed E-state index contributed by atoms with van der Waals surface area (Å²) in [4.78, 5) is 4.31. The lowest BCUT2D eigenvalue weighted by atomic mass is 10.1. The third-order valence-electron chi connectivity index (χ3n) is 3.76. The molecule has 0 atom stereocenters. The topological polar surface area (TPSA) is 87.3 Å². The van der Waals surface area contributed by atoms with Crippen LogP contribution in [0.3, 0.4) is 0 Å². The first kappa shape index (κ1) is 21.8. The fourth-order valence-electron chi connectivity index (χ4n) is 2.46. The van der Waals surface area contributed by atoms with Crippen LogP contribution in [0.2, 0.25) is 0 Å². The van der Waals surface area contributed by atoms with E-state index >= 15 is 0 Å². The molecule has 0 unspecified atom stereocenters. The average molecular weight is 465 g/mol. The molecule has 1 aliphatic heterocycles. The highest BCUT2D eigenvalue weighted by molar-refractivity contribution is 14.0. The number of anilines is 1. The first-order chi connectivity index (χ1) is 11.7. The molecule has 1 aromatic rings. The lowest BCUT2D eigenvalue weighted by molar-refractivity contribution is -0.0318. The summed E-state index contributed by atoms with van der Waals surface area (Å²) in [5, 5.41) is 3.04. The van der Waals surface area contributed by atoms with E-state index in [-0.39, 0.29) is 24.0 Å². The van der Waals surface area contributed by atoms with Gasteiger partial charge in [-0.25, -0.2) is 0 Å². The minimum Gasteiger partial charge on any atom is -0.493 e. The van der Waals surface area contributed by atoms with E-state index in [0.29, 0.717) is 36.7 Å². The van der Waals surface area contributed by atoms with Gasteiger partial charge in [-0.3, -0.25) is 4.99 Å². The van der Waals surface area contributed by atoms with Gasteiger partial charge >= 0.3 is 0 Å². The minimum absolute atomic E-state index is 0. The van der Waals surface area contributed by atoms with Crippen molar-refractivity contribution < 1.29 is 18.9 Å². The molecule has 142 valence electrons. The smallest absolute Gasteiger partial charge is 0.193 e. The quantitative estimate of drug-likeness (QED) is 0.266. The number of methoxy groups -OCH3 is 2. The van der Waals surface area contributed by atoms with E-state index in [2.05, 4.69) is 10.3 Å². The van der Waals surface area contributed by atoms with Crippen LogP contribution in [-0.2, 0) is 9.47 Å². The number of aliphatic imine (C=N–C) groups is 1. The molecule has 0 bridgehead atoms. The molecule has 0 amide bonds. The lowest BCUT2D eigenvalue weighted by Crippen LogP contribution is -2.24. The van der Waals surface area contributed by atoms with Crippen molar-refractivity contribution in [1.82, 2.24) is 0 Å². The molecule has 0 aromatic heterocycles. The summed E-state index contributed by atoms with van der Waals surface area (Å²) >= 11 is 0. The van der Waals surface area contributed by atoms with Crippen molar-refractivity contribution >= 4 is 35.6 Å². The maximum Gasteiger partial charge on any atom is 0.193 e. The van der Waals surface area contributed by atoms with Crippen molar-refractivity contribution in [2.24, 2.45) is 10.7 Å². The van der Waals surface area contributed by atoms with Crippen LogP contribution in [0.25, 0.3) is 0 Å². The minimum atomic E-state index is 0. The molecule has 1 aliphatic rings. The molecule has 7 nitrogen and oxygen atoms in total. The van der Waals surface area contributed by atoms with Gasteiger partial charge in [0, 0.05) is 38.1 Å². The maximum atomic E-state index is 5.90. The number of nitrogens with zero attached hydrogens (tertiary/aromatic N) is 1. The van der Waals surface area contributed by atoms with Crippen LogP contribution >= 0.6 is 24.0 Å². The maximum absolute atomic E-state index is 5.90. The molecule has 2 rings (SSSR count). The predicted molar refractivity (Wildman–Crippen MR) is 109 cm³/mol. The van der Waals surface area contributed by atoms with Crippen LogP contribution < -0.4 is 20.5 Å². The molecule has 1 saturated heterocycles. The number of nitrogens with one attached hydrogen (secondary N) is 1. The second-order valence-corrected chi connectivity index (χ2v) is 5.50. The van der Waals surface area contributed by atoms with E-state index < -0.39 is 0 Å². The summed E-state index contributed by atoms with van der Waals surface area (Å²) in [6.45, 7) is 2.91. The summed E-state index contributed by atoms with van der Waals surface area (Å²) in [5.41, 5.74) is 6.70. The van der Waals surface area contributed by atoms with Gasteiger partial charge in [0.2, 0.25) is 0 Å². The lowest BCUT2D eigenvalue weighted by Gasteiger charge is -2.22. The van der Waals surface area contributed by atoms with Gasteiger partial charge in [-0.15, -0.1) is 24.0 Å². The second kappa shape index (κ2) is 12.2. The normalized spacial score (nSPS) is 15.4. The molecule has 0 radical (unpaired) electrons. The summed E-state index contributed by atoms with van der Waals surface area (Å²) in [6, 6.07) is 5.49. The number of hydrogen-bond donors (Lipinski definition) is 2.